The quantitative estimate of drug-likeness (QED) is 0.534. The summed E-state index contributed by atoms with van der Waals surface area (Å²) in [6.45, 7) is 1.63. The number of hydrogen-bond donors (Lipinski definition) is 2. The molecule has 0 saturated heterocycles. The van der Waals surface area contributed by atoms with Gasteiger partial charge >= 0.3 is 0 Å². The third-order valence-corrected chi connectivity index (χ3v) is 3.93. The Balaban J connectivity index is 1.96. The summed E-state index contributed by atoms with van der Waals surface area (Å²) in [5, 5.41) is 6.46. The highest BCUT2D eigenvalue weighted by Gasteiger charge is 2.15. The summed E-state index contributed by atoms with van der Waals surface area (Å²) in [6.07, 6.45) is 1.42. The van der Waals surface area contributed by atoms with Gasteiger partial charge in [-0.2, -0.15) is 5.10 Å². The largest absolute Gasteiger partial charge is 0.493 e. The fourth-order valence-electron chi connectivity index (χ4n) is 2.52. The number of hydrogen-bond acceptors (Lipinski definition) is 6. The normalized spacial score (nSPS) is 10.4. The van der Waals surface area contributed by atoms with Crippen LogP contribution in [0.4, 0.5) is 0 Å². The third kappa shape index (κ3) is 5.00. The van der Waals surface area contributed by atoms with Crippen LogP contribution in [0.15, 0.2) is 41.5 Å². The number of benzene rings is 2. The van der Waals surface area contributed by atoms with E-state index in [1.807, 2.05) is 19.1 Å². The molecule has 0 aromatic heterocycles. The molecule has 0 aliphatic carbocycles. The highest BCUT2D eigenvalue weighted by molar-refractivity contribution is 5.97. The van der Waals surface area contributed by atoms with E-state index in [1.165, 1.54) is 27.5 Å². The Bertz CT molecular complexity index is 880. The first-order chi connectivity index (χ1) is 13.5. The van der Waals surface area contributed by atoms with Gasteiger partial charge in [-0.25, -0.2) is 5.43 Å². The van der Waals surface area contributed by atoms with E-state index in [2.05, 4.69) is 15.8 Å². The van der Waals surface area contributed by atoms with Crippen molar-refractivity contribution in [2.75, 3.05) is 27.9 Å². The van der Waals surface area contributed by atoms with E-state index in [0.717, 1.165) is 5.56 Å². The van der Waals surface area contributed by atoms with Gasteiger partial charge in [-0.05, 0) is 30.7 Å². The zero-order valence-corrected chi connectivity index (χ0v) is 16.2. The molecule has 148 valence electrons. The summed E-state index contributed by atoms with van der Waals surface area (Å²) >= 11 is 0. The Morgan fingerprint density at radius 3 is 2.36 bits per heavy atom. The summed E-state index contributed by atoms with van der Waals surface area (Å²) in [5.74, 6) is 0.578. The smallest absolute Gasteiger partial charge is 0.259 e. The van der Waals surface area contributed by atoms with Crippen LogP contribution in [0.25, 0.3) is 0 Å². The number of amides is 2. The van der Waals surface area contributed by atoms with Gasteiger partial charge in [0.1, 0.15) is 0 Å². The topological polar surface area (TPSA) is 98.2 Å². The summed E-state index contributed by atoms with van der Waals surface area (Å²) in [4.78, 5) is 24.0. The molecular formula is C20H23N3O5. The van der Waals surface area contributed by atoms with Crippen LogP contribution in [0, 0.1) is 6.92 Å². The van der Waals surface area contributed by atoms with Gasteiger partial charge in [-0.1, -0.05) is 18.2 Å². The number of carbonyl (C=O) groups is 2. The molecule has 2 amide bonds. The Morgan fingerprint density at radius 1 is 1.00 bits per heavy atom. The number of carbonyl (C=O) groups excluding carboxylic acids is 2. The molecule has 2 aromatic carbocycles. The number of nitrogens with one attached hydrogen (secondary N) is 2. The Labute approximate surface area is 163 Å². The Morgan fingerprint density at radius 2 is 1.71 bits per heavy atom. The second-order valence-electron chi connectivity index (χ2n) is 5.71. The molecule has 0 radical (unpaired) electrons. The highest BCUT2D eigenvalue weighted by Crippen LogP contribution is 2.38. The van der Waals surface area contributed by atoms with Gasteiger partial charge in [0.25, 0.3) is 11.8 Å². The Hall–Kier alpha value is -3.55. The van der Waals surface area contributed by atoms with E-state index in [9.17, 15) is 9.59 Å². The van der Waals surface area contributed by atoms with Crippen LogP contribution in [0.2, 0.25) is 0 Å². The molecule has 0 heterocycles. The van der Waals surface area contributed by atoms with Crippen molar-refractivity contribution in [2.45, 2.75) is 6.92 Å². The average Bonchev–Trinajstić information content (AvgIpc) is 2.71. The minimum atomic E-state index is -0.461. The molecule has 2 rings (SSSR count). The van der Waals surface area contributed by atoms with Gasteiger partial charge in [0.05, 0.1) is 34.1 Å². The molecule has 8 nitrogen and oxygen atoms in total. The summed E-state index contributed by atoms with van der Waals surface area (Å²) < 4.78 is 15.9. The first kappa shape index (κ1) is 20.8. The molecule has 0 aliphatic rings. The number of methoxy groups -OCH3 is 3. The second-order valence-corrected chi connectivity index (χ2v) is 5.71. The van der Waals surface area contributed by atoms with Crippen molar-refractivity contribution in [1.82, 2.24) is 10.7 Å². The van der Waals surface area contributed by atoms with E-state index in [4.69, 9.17) is 14.2 Å². The molecule has 2 aromatic rings. The number of ether oxygens (including phenoxy) is 3. The zero-order valence-electron chi connectivity index (χ0n) is 16.2. The predicted octanol–water partition coefficient (Wildman–Crippen LogP) is 1.90. The lowest BCUT2D eigenvalue weighted by Gasteiger charge is -2.13. The molecule has 0 atom stereocenters. The van der Waals surface area contributed by atoms with Crippen LogP contribution in [-0.2, 0) is 4.79 Å². The van der Waals surface area contributed by atoms with Gasteiger partial charge in [-0.15, -0.1) is 0 Å². The minimum Gasteiger partial charge on any atom is -0.493 e. The van der Waals surface area contributed by atoms with E-state index >= 15 is 0 Å². The van der Waals surface area contributed by atoms with E-state index < -0.39 is 5.91 Å². The molecule has 0 unspecified atom stereocenters. The zero-order chi connectivity index (χ0) is 20.5. The van der Waals surface area contributed by atoms with Crippen molar-refractivity contribution in [3.63, 3.8) is 0 Å². The molecule has 0 fully saturated rings. The number of hydrazone groups is 1. The van der Waals surface area contributed by atoms with Crippen molar-refractivity contribution in [3.05, 3.63) is 53.1 Å². The molecule has 28 heavy (non-hydrogen) atoms. The number of rotatable bonds is 8. The van der Waals surface area contributed by atoms with Crippen molar-refractivity contribution in [3.8, 4) is 17.2 Å². The summed E-state index contributed by atoms with van der Waals surface area (Å²) in [5.41, 5.74) is 4.30. The van der Waals surface area contributed by atoms with Crippen molar-refractivity contribution in [1.29, 1.82) is 0 Å². The van der Waals surface area contributed by atoms with E-state index in [1.54, 1.807) is 24.3 Å². The third-order valence-electron chi connectivity index (χ3n) is 3.93. The van der Waals surface area contributed by atoms with Gasteiger partial charge in [0.2, 0.25) is 5.75 Å². The van der Waals surface area contributed by atoms with Crippen molar-refractivity contribution < 1.29 is 23.8 Å². The maximum absolute atomic E-state index is 12.1. The van der Waals surface area contributed by atoms with Gasteiger partial charge in [0.15, 0.2) is 11.5 Å². The Kier molecular flexibility index (Phi) is 7.38. The lowest BCUT2D eigenvalue weighted by atomic mass is 10.1. The average molecular weight is 385 g/mol. The van der Waals surface area contributed by atoms with Gasteiger partial charge in [-0.3, -0.25) is 9.59 Å². The SMILES string of the molecule is COc1ccc(/C=N\NC(=O)CNC(=O)c2ccccc2C)c(OC)c1OC. The van der Waals surface area contributed by atoms with Gasteiger partial charge in [0, 0.05) is 11.1 Å². The summed E-state index contributed by atoms with van der Waals surface area (Å²) in [7, 11) is 4.52. The number of nitrogens with zero attached hydrogens (tertiary/aromatic N) is 1. The van der Waals surface area contributed by atoms with Crippen LogP contribution in [0.5, 0.6) is 17.2 Å². The first-order valence-electron chi connectivity index (χ1n) is 8.46. The van der Waals surface area contributed by atoms with E-state index in [-0.39, 0.29) is 12.5 Å². The molecule has 0 aliphatic heterocycles. The second kappa shape index (κ2) is 9.96. The summed E-state index contributed by atoms with van der Waals surface area (Å²) in [6, 6.07) is 10.6. The fourth-order valence-corrected chi connectivity index (χ4v) is 2.52. The van der Waals surface area contributed by atoms with Crippen LogP contribution in [0.1, 0.15) is 21.5 Å². The van der Waals surface area contributed by atoms with Crippen LogP contribution < -0.4 is 25.0 Å². The predicted molar refractivity (Wildman–Crippen MR) is 105 cm³/mol. The van der Waals surface area contributed by atoms with Crippen LogP contribution >= 0.6 is 0 Å². The minimum absolute atomic E-state index is 0.201. The maximum atomic E-state index is 12.1. The number of aryl methyl sites for hydroxylation is 1. The monoisotopic (exact) mass is 385 g/mol. The van der Waals surface area contributed by atoms with Crippen molar-refractivity contribution >= 4 is 18.0 Å². The molecule has 2 N–H and O–H groups in total. The lowest BCUT2D eigenvalue weighted by molar-refractivity contribution is -0.120. The molecular weight excluding hydrogens is 362 g/mol. The fraction of sp³-hybridized carbons (Fsp3) is 0.250. The molecule has 0 bridgehead atoms. The standard InChI is InChI=1S/C20H23N3O5/c1-13-7-5-6-8-15(13)20(25)21-12-17(24)23-22-11-14-9-10-16(26-2)19(28-4)18(14)27-3/h5-11H,12H2,1-4H3,(H,21,25)(H,23,24)/b22-11-. The first-order valence-corrected chi connectivity index (χ1v) is 8.46. The van der Waals surface area contributed by atoms with Crippen molar-refractivity contribution in [2.24, 2.45) is 5.10 Å². The van der Waals surface area contributed by atoms with E-state index in [0.29, 0.717) is 28.4 Å². The maximum Gasteiger partial charge on any atom is 0.259 e. The molecule has 8 heteroatoms. The van der Waals surface area contributed by atoms with Gasteiger partial charge < -0.3 is 19.5 Å². The highest BCUT2D eigenvalue weighted by atomic mass is 16.5. The molecule has 0 spiro atoms. The van der Waals surface area contributed by atoms with Crippen LogP contribution in [-0.4, -0.2) is 45.9 Å². The lowest BCUT2D eigenvalue weighted by Crippen LogP contribution is -2.35. The molecule has 0 saturated carbocycles. The van der Waals surface area contributed by atoms with Crippen LogP contribution in [0.3, 0.4) is 0 Å².